The lowest BCUT2D eigenvalue weighted by molar-refractivity contribution is -0.141. The van der Waals surface area contributed by atoms with Crippen LogP contribution in [0.25, 0.3) is 0 Å². The fourth-order valence-corrected chi connectivity index (χ4v) is 6.21. The van der Waals surface area contributed by atoms with Gasteiger partial charge in [-0.15, -0.1) is 0 Å². The molecule has 0 saturated carbocycles. The molecule has 7 nitrogen and oxygen atoms in total. The first-order chi connectivity index (χ1) is 15.8. The van der Waals surface area contributed by atoms with E-state index < -0.39 is 22.0 Å². The van der Waals surface area contributed by atoms with Crippen molar-refractivity contribution in [1.82, 2.24) is 4.90 Å². The molecule has 1 aromatic carbocycles. The van der Waals surface area contributed by atoms with E-state index in [0.29, 0.717) is 24.4 Å². The maximum Gasteiger partial charge on any atom is 0.264 e. The predicted octanol–water partition coefficient (Wildman–Crippen LogP) is 3.78. The van der Waals surface area contributed by atoms with Gasteiger partial charge in [0.25, 0.3) is 5.91 Å². The summed E-state index contributed by atoms with van der Waals surface area (Å²) < 4.78 is 49.5. The summed E-state index contributed by atoms with van der Waals surface area (Å²) in [6.07, 6.45) is 3.44. The third-order valence-corrected chi connectivity index (χ3v) is 8.06. The molecule has 180 valence electrons. The number of ether oxygens (including phenoxy) is 1. The molecule has 0 aliphatic carbocycles. The Morgan fingerprint density at radius 1 is 1.18 bits per heavy atom. The third-order valence-electron chi connectivity index (χ3n) is 6.31. The zero-order chi connectivity index (χ0) is 23.4. The number of anilines is 1. The molecule has 4 rings (SSSR count). The average Bonchev–Trinajstić information content (AvgIpc) is 3.43. The van der Waals surface area contributed by atoms with Gasteiger partial charge >= 0.3 is 0 Å². The molecule has 2 saturated heterocycles. The summed E-state index contributed by atoms with van der Waals surface area (Å²) in [7, 11) is -3.19. The van der Waals surface area contributed by atoms with Crippen LogP contribution in [0.4, 0.5) is 10.3 Å². The molecule has 3 heterocycles. The van der Waals surface area contributed by atoms with Crippen LogP contribution in [0.5, 0.6) is 5.75 Å². The number of rotatable bonds is 8. The first-order valence-corrected chi connectivity index (χ1v) is 13.4. The van der Waals surface area contributed by atoms with Crippen LogP contribution in [0.2, 0.25) is 0 Å². The lowest BCUT2D eigenvalue weighted by Gasteiger charge is -2.31. The Morgan fingerprint density at radius 2 is 1.91 bits per heavy atom. The molecule has 0 N–H and O–H groups in total. The van der Waals surface area contributed by atoms with Crippen LogP contribution in [0.3, 0.4) is 0 Å². The van der Waals surface area contributed by atoms with Crippen molar-refractivity contribution in [2.24, 2.45) is 0 Å². The van der Waals surface area contributed by atoms with Gasteiger partial charge in [0.2, 0.25) is 0 Å². The number of nitrogens with zero attached hydrogens (tertiary/aromatic N) is 2. The summed E-state index contributed by atoms with van der Waals surface area (Å²) in [5.41, 5.74) is 0. The number of piperidine rings is 1. The van der Waals surface area contributed by atoms with Crippen LogP contribution < -0.4 is 9.64 Å². The normalized spacial score (nSPS) is 21.0. The van der Waals surface area contributed by atoms with Gasteiger partial charge < -0.3 is 19.0 Å². The van der Waals surface area contributed by atoms with Gasteiger partial charge in [-0.05, 0) is 62.4 Å². The highest BCUT2D eigenvalue weighted by Crippen LogP contribution is 2.27. The summed E-state index contributed by atoms with van der Waals surface area (Å²) in [4.78, 5) is 17.3. The number of furan rings is 1. The molecular weight excluding hydrogens is 447 g/mol. The average molecular weight is 479 g/mol. The van der Waals surface area contributed by atoms with Crippen LogP contribution in [0.1, 0.15) is 44.8 Å². The molecule has 1 amide bonds. The van der Waals surface area contributed by atoms with Crippen LogP contribution in [-0.4, -0.2) is 56.0 Å². The Hall–Kier alpha value is -2.55. The van der Waals surface area contributed by atoms with Crippen molar-refractivity contribution >= 4 is 21.6 Å². The predicted molar refractivity (Wildman–Crippen MR) is 123 cm³/mol. The number of sulfone groups is 1. The summed E-state index contributed by atoms with van der Waals surface area (Å²) in [6, 6.07) is 8.85. The number of halogens is 1. The number of hydrogen-bond donors (Lipinski definition) is 0. The first-order valence-electron chi connectivity index (χ1n) is 11.6. The maximum atomic E-state index is 13.5. The zero-order valence-electron chi connectivity index (χ0n) is 18.9. The maximum absolute atomic E-state index is 13.5. The smallest absolute Gasteiger partial charge is 0.264 e. The van der Waals surface area contributed by atoms with E-state index in [1.807, 2.05) is 19.1 Å². The van der Waals surface area contributed by atoms with Gasteiger partial charge in [-0.3, -0.25) is 4.79 Å². The quantitative estimate of drug-likeness (QED) is 0.575. The van der Waals surface area contributed by atoms with Gasteiger partial charge in [0, 0.05) is 25.2 Å². The molecule has 2 aliphatic rings. The Bertz CT molecular complexity index is 1050. The topological polar surface area (TPSA) is 80.1 Å². The Balaban J connectivity index is 1.53. The van der Waals surface area contributed by atoms with Crippen molar-refractivity contribution in [3.8, 4) is 5.75 Å². The standard InChI is InChI=1S/C24H31FN2O5S/c1-2-22(31-20-8-6-18(25)7-9-20)24(28)27(19-12-15-33(29,30)17-19)16-21-10-11-23(32-21)26-13-4-3-5-14-26/h6-11,19,22H,2-5,12-17H2,1H3. The highest BCUT2D eigenvalue weighted by atomic mass is 32.2. The molecule has 2 unspecified atom stereocenters. The summed E-state index contributed by atoms with van der Waals surface area (Å²) in [5.74, 6) is 1.11. The van der Waals surface area contributed by atoms with E-state index >= 15 is 0 Å². The Morgan fingerprint density at radius 3 is 2.55 bits per heavy atom. The van der Waals surface area contributed by atoms with Crippen molar-refractivity contribution in [3.05, 3.63) is 48.0 Å². The molecule has 0 spiro atoms. The minimum absolute atomic E-state index is 0.0637. The molecule has 9 heteroatoms. The fourth-order valence-electron chi connectivity index (χ4n) is 4.48. The van der Waals surface area contributed by atoms with E-state index in [-0.39, 0.29) is 29.8 Å². The summed E-state index contributed by atoms with van der Waals surface area (Å²) in [6.45, 7) is 3.90. The Labute approximate surface area is 194 Å². The second-order valence-electron chi connectivity index (χ2n) is 8.78. The highest BCUT2D eigenvalue weighted by Gasteiger charge is 2.38. The molecular formula is C24H31FN2O5S. The monoisotopic (exact) mass is 478 g/mol. The van der Waals surface area contributed by atoms with E-state index in [4.69, 9.17) is 9.15 Å². The van der Waals surface area contributed by atoms with Crippen molar-refractivity contribution in [3.63, 3.8) is 0 Å². The van der Waals surface area contributed by atoms with E-state index in [9.17, 15) is 17.6 Å². The van der Waals surface area contributed by atoms with E-state index in [0.717, 1.165) is 31.8 Å². The molecule has 33 heavy (non-hydrogen) atoms. The van der Waals surface area contributed by atoms with Gasteiger partial charge in [-0.2, -0.15) is 0 Å². The molecule has 2 aliphatic heterocycles. The van der Waals surface area contributed by atoms with E-state index in [1.165, 1.54) is 30.7 Å². The SMILES string of the molecule is CCC(Oc1ccc(F)cc1)C(=O)N(Cc1ccc(N2CCCCC2)o1)C1CCS(=O)(=O)C1. The number of amides is 1. The molecule has 1 aromatic heterocycles. The first kappa shape index (κ1) is 23.6. The molecule has 2 fully saturated rings. The second kappa shape index (κ2) is 10.2. The minimum Gasteiger partial charge on any atom is -0.481 e. The van der Waals surface area contributed by atoms with Gasteiger partial charge in [-0.25, -0.2) is 12.8 Å². The molecule has 2 atom stereocenters. The van der Waals surface area contributed by atoms with Crippen LogP contribution in [0, 0.1) is 5.82 Å². The number of carbonyl (C=O) groups excluding carboxylic acids is 1. The highest BCUT2D eigenvalue weighted by molar-refractivity contribution is 7.91. The fraction of sp³-hybridized carbons (Fsp3) is 0.542. The van der Waals surface area contributed by atoms with Crippen molar-refractivity contribution in [2.45, 2.75) is 57.7 Å². The van der Waals surface area contributed by atoms with Crippen LogP contribution >= 0.6 is 0 Å². The van der Waals surface area contributed by atoms with Gasteiger partial charge in [0.15, 0.2) is 21.8 Å². The third kappa shape index (κ3) is 5.88. The molecule has 0 radical (unpaired) electrons. The summed E-state index contributed by atoms with van der Waals surface area (Å²) >= 11 is 0. The largest absolute Gasteiger partial charge is 0.481 e. The van der Waals surface area contributed by atoms with Gasteiger partial charge in [-0.1, -0.05) is 6.92 Å². The lowest BCUT2D eigenvalue weighted by Crippen LogP contribution is -2.47. The second-order valence-corrected chi connectivity index (χ2v) is 11.0. The number of benzene rings is 1. The zero-order valence-corrected chi connectivity index (χ0v) is 19.7. The summed E-state index contributed by atoms with van der Waals surface area (Å²) in [5, 5.41) is 0. The number of carbonyl (C=O) groups is 1. The van der Waals surface area contributed by atoms with Crippen LogP contribution in [0.15, 0.2) is 40.8 Å². The molecule has 0 bridgehead atoms. The Kier molecular flexibility index (Phi) is 7.26. The number of hydrogen-bond acceptors (Lipinski definition) is 6. The van der Waals surface area contributed by atoms with Crippen molar-refractivity contribution < 1.29 is 26.8 Å². The molecule has 2 aromatic rings. The van der Waals surface area contributed by atoms with Gasteiger partial charge in [0.05, 0.1) is 18.1 Å². The van der Waals surface area contributed by atoms with Crippen LogP contribution in [-0.2, 0) is 21.2 Å². The minimum atomic E-state index is -3.19. The van der Waals surface area contributed by atoms with Gasteiger partial charge in [0.1, 0.15) is 17.3 Å². The van der Waals surface area contributed by atoms with Crippen molar-refractivity contribution in [1.29, 1.82) is 0 Å². The van der Waals surface area contributed by atoms with E-state index in [2.05, 4.69) is 4.90 Å². The lowest BCUT2D eigenvalue weighted by atomic mass is 10.1. The van der Waals surface area contributed by atoms with E-state index in [1.54, 1.807) is 4.90 Å². The van der Waals surface area contributed by atoms with Crippen molar-refractivity contribution in [2.75, 3.05) is 29.5 Å².